The van der Waals surface area contributed by atoms with Crippen LogP contribution in [0.5, 0.6) is 0 Å². The first-order valence-corrected chi connectivity index (χ1v) is 9.52. The summed E-state index contributed by atoms with van der Waals surface area (Å²) in [4.78, 5) is 25.4. The normalized spacial score (nSPS) is 18.9. The maximum absolute atomic E-state index is 14.4. The zero-order chi connectivity index (χ0) is 20.5. The lowest BCUT2D eigenvalue weighted by atomic mass is 10.2. The molecule has 29 heavy (non-hydrogen) atoms. The van der Waals surface area contributed by atoms with Crippen LogP contribution >= 0.6 is 0 Å². The van der Waals surface area contributed by atoms with Crippen molar-refractivity contribution in [2.45, 2.75) is 38.9 Å². The van der Waals surface area contributed by atoms with Gasteiger partial charge in [-0.3, -0.25) is 9.48 Å². The monoisotopic (exact) mass is 398 g/mol. The first-order chi connectivity index (χ1) is 14.0. The second-order valence-electron chi connectivity index (χ2n) is 7.09. The molecule has 10 heteroatoms. The average Bonchev–Trinajstić information content (AvgIpc) is 3.40. The van der Waals surface area contributed by atoms with E-state index < -0.39 is 5.82 Å². The first kappa shape index (κ1) is 18.9. The Morgan fingerprint density at radius 1 is 1.48 bits per heavy atom. The van der Waals surface area contributed by atoms with Gasteiger partial charge in [0.2, 0.25) is 11.9 Å². The van der Waals surface area contributed by atoms with Crippen LogP contribution < -0.4 is 10.6 Å². The molecule has 152 valence electrons. The molecule has 2 atom stereocenters. The van der Waals surface area contributed by atoms with Crippen LogP contribution in [0.4, 0.5) is 21.8 Å². The van der Waals surface area contributed by atoms with E-state index in [2.05, 4.69) is 37.3 Å². The highest BCUT2D eigenvalue weighted by Crippen LogP contribution is 2.28. The molecule has 2 unspecified atom stereocenters. The number of hydrogen-bond acceptors (Lipinski definition) is 6. The number of anilines is 3. The van der Waals surface area contributed by atoms with Crippen molar-refractivity contribution in [3.63, 3.8) is 0 Å². The van der Waals surface area contributed by atoms with E-state index in [0.717, 1.165) is 18.7 Å². The molecule has 3 aromatic rings. The Balaban J connectivity index is 1.61. The standard InChI is InChI=1S/C19H23FN8O/c1-4-15(29)28-10-12(6-11(28)3)23-18-16-14(20)8-21-17(16)25-19(26-18)24-13-7-22-27(5-2)9-13/h4,7-9,11-12H,1,5-6,10H2,2-3H3,(H3,21,23,24,25,26). The number of H-pyrrole nitrogens is 1. The Labute approximate surface area is 167 Å². The Bertz CT molecular complexity index is 1060. The van der Waals surface area contributed by atoms with E-state index in [-0.39, 0.29) is 18.0 Å². The molecule has 1 aliphatic heterocycles. The van der Waals surface area contributed by atoms with Crippen LogP contribution in [0.25, 0.3) is 11.0 Å². The molecule has 3 aromatic heterocycles. The number of nitrogens with zero attached hydrogens (tertiary/aromatic N) is 5. The Morgan fingerprint density at radius 3 is 3.03 bits per heavy atom. The minimum Gasteiger partial charge on any atom is -0.365 e. The van der Waals surface area contributed by atoms with Crippen LogP contribution in [0, 0.1) is 5.82 Å². The number of rotatable bonds is 6. The van der Waals surface area contributed by atoms with E-state index in [0.29, 0.717) is 29.3 Å². The van der Waals surface area contributed by atoms with Gasteiger partial charge in [0.05, 0.1) is 17.3 Å². The minimum absolute atomic E-state index is 0.0583. The van der Waals surface area contributed by atoms with Crippen LogP contribution in [0.3, 0.4) is 0 Å². The maximum Gasteiger partial charge on any atom is 0.246 e. The van der Waals surface area contributed by atoms with Crippen molar-refractivity contribution in [2.75, 3.05) is 17.2 Å². The van der Waals surface area contributed by atoms with Crippen molar-refractivity contribution in [3.8, 4) is 0 Å². The summed E-state index contributed by atoms with van der Waals surface area (Å²) in [6.45, 7) is 8.77. The van der Waals surface area contributed by atoms with Crippen molar-refractivity contribution < 1.29 is 9.18 Å². The lowest BCUT2D eigenvalue weighted by Gasteiger charge is -2.19. The molecule has 4 heterocycles. The molecular weight excluding hydrogens is 375 g/mol. The van der Waals surface area contributed by atoms with E-state index >= 15 is 0 Å². The van der Waals surface area contributed by atoms with Gasteiger partial charge in [0, 0.05) is 37.6 Å². The van der Waals surface area contributed by atoms with Crippen LogP contribution in [0.1, 0.15) is 20.3 Å². The van der Waals surface area contributed by atoms with E-state index in [9.17, 15) is 9.18 Å². The number of nitrogens with one attached hydrogen (secondary N) is 3. The van der Waals surface area contributed by atoms with Crippen molar-refractivity contribution in [2.24, 2.45) is 0 Å². The summed E-state index contributed by atoms with van der Waals surface area (Å²) < 4.78 is 16.1. The molecule has 0 bridgehead atoms. The highest BCUT2D eigenvalue weighted by atomic mass is 19.1. The highest BCUT2D eigenvalue weighted by Gasteiger charge is 2.32. The molecule has 1 aliphatic rings. The number of amides is 1. The van der Waals surface area contributed by atoms with Gasteiger partial charge < -0.3 is 20.5 Å². The zero-order valence-electron chi connectivity index (χ0n) is 16.3. The lowest BCUT2D eigenvalue weighted by Crippen LogP contribution is -2.33. The fourth-order valence-electron chi connectivity index (χ4n) is 3.64. The summed E-state index contributed by atoms with van der Waals surface area (Å²) in [5.74, 6) is 0.155. The van der Waals surface area contributed by atoms with Gasteiger partial charge in [-0.15, -0.1) is 0 Å². The predicted octanol–water partition coefficient (Wildman–Crippen LogP) is 2.64. The van der Waals surface area contributed by atoms with Crippen LogP contribution in [0.15, 0.2) is 31.2 Å². The number of carbonyl (C=O) groups is 1. The molecule has 0 saturated carbocycles. The summed E-state index contributed by atoms with van der Waals surface area (Å²) >= 11 is 0. The Hall–Kier alpha value is -3.43. The second kappa shape index (κ2) is 7.53. The Morgan fingerprint density at radius 2 is 2.31 bits per heavy atom. The summed E-state index contributed by atoms with van der Waals surface area (Å²) in [6, 6.07) is 0.000805. The lowest BCUT2D eigenvalue weighted by molar-refractivity contribution is -0.126. The summed E-state index contributed by atoms with van der Waals surface area (Å²) in [7, 11) is 0. The highest BCUT2D eigenvalue weighted by molar-refractivity contribution is 5.90. The van der Waals surface area contributed by atoms with Crippen LogP contribution in [0.2, 0.25) is 0 Å². The van der Waals surface area contributed by atoms with E-state index in [1.54, 1.807) is 15.8 Å². The fraction of sp³-hybridized carbons (Fsp3) is 0.368. The van der Waals surface area contributed by atoms with Gasteiger partial charge in [-0.1, -0.05) is 6.58 Å². The third-order valence-electron chi connectivity index (χ3n) is 5.07. The van der Waals surface area contributed by atoms with E-state index in [1.165, 1.54) is 12.3 Å². The quantitative estimate of drug-likeness (QED) is 0.552. The van der Waals surface area contributed by atoms with Gasteiger partial charge in [0.15, 0.2) is 5.82 Å². The predicted molar refractivity (Wildman–Crippen MR) is 108 cm³/mol. The van der Waals surface area contributed by atoms with Crippen molar-refractivity contribution >= 4 is 34.4 Å². The number of halogens is 1. The number of fused-ring (bicyclic) bond motifs is 1. The van der Waals surface area contributed by atoms with Gasteiger partial charge in [0.1, 0.15) is 11.5 Å². The molecule has 9 nitrogen and oxygen atoms in total. The molecule has 1 saturated heterocycles. The number of hydrogen-bond donors (Lipinski definition) is 3. The number of carbonyl (C=O) groups excluding carboxylic acids is 1. The molecule has 1 fully saturated rings. The number of aromatic nitrogens is 5. The largest absolute Gasteiger partial charge is 0.365 e. The SMILES string of the molecule is C=CC(=O)N1CC(Nc2nc(Nc3cnn(CC)c3)nc3[nH]cc(F)c23)CC1C. The van der Waals surface area contributed by atoms with Gasteiger partial charge in [-0.25, -0.2) is 4.39 Å². The Kier molecular flexibility index (Phi) is 4.91. The van der Waals surface area contributed by atoms with Crippen molar-refractivity contribution in [3.05, 3.63) is 37.1 Å². The van der Waals surface area contributed by atoms with Gasteiger partial charge >= 0.3 is 0 Å². The molecule has 0 aromatic carbocycles. The molecule has 4 rings (SSSR count). The third kappa shape index (κ3) is 3.65. The molecule has 3 N–H and O–H groups in total. The molecule has 0 radical (unpaired) electrons. The zero-order valence-corrected chi connectivity index (χ0v) is 16.3. The first-order valence-electron chi connectivity index (χ1n) is 9.52. The topological polar surface area (TPSA) is 104 Å². The van der Waals surface area contributed by atoms with Gasteiger partial charge in [0.25, 0.3) is 0 Å². The number of aromatic amines is 1. The van der Waals surface area contributed by atoms with Crippen LogP contribution in [-0.4, -0.2) is 54.2 Å². The van der Waals surface area contributed by atoms with E-state index in [1.807, 2.05) is 20.0 Å². The van der Waals surface area contributed by atoms with Crippen molar-refractivity contribution in [1.82, 2.24) is 29.6 Å². The van der Waals surface area contributed by atoms with E-state index in [4.69, 9.17) is 0 Å². The summed E-state index contributed by atoms with van der Waals surface area (Å²) in [6.07, 6.45) is 6.81. The molecule has 1 amide bonds. The summed E-state index contributed by atoms with van der Waals surface area (Å²) in [5, 5.41) is 10.9. The minimum atomic E-state index is -0.432. The molecule has 0 spiro atoms. The average molecular weight is 398 g/mol. The smallest absolute Gasteiger partial charge is 0.246 e. The number of likely N-dealkylation sites (tertiary alicyclic amines) is 1. The fourth-order valence-corrected chi connectivity index (χ4v) is 3.64. The maximum atomic E-state index is 14.4. The second-order valence-corrected chi connectivity index (χ2v) is 7.09. The number of aryl methyl sites for hydroxylation is 1. The third-order valence-corrected chi connectivity index (χ3v) is 5.07. The molecular formula is C19H23FN8O. The summed E-state index contributed by atoms with van der Waals surface area (Å²) in [5.41, 5.74) is 1.12. The van der Waals surface area contributed by atoms with Crippen LogP contribution in [-0.2, 0) is 11.3 Å². The van der Waals surface area contributed by atoms with Gasteiger partial charge in [-0.2, -0.15) is 15.1 Å². The molecule has 0 aliphatic carbocycles. The van der Waals surface area contributed by atoms with Crippen molar-refractivity contribution in [1.29, 1.82) is 0 Å². The van der Waals surface area contributed by atoms with Gasteiger partial charge in [-0.05, 0) is 26.3 Å².